The Bertz CT molecular complexity index is 3830. The molecule has 12 aromatic carbocycles. The lowest BCUT2D eigenvalue weighted by molar-refractivity contribution is 0.669. The first-order valence-corrected chi connectivity index (χ1v) is 21.1. The van der Waals surface area contributed by atoms with Crippen LogP contribution < -0.4 is 0 Å². The molecule has 0 aliphatic carbocycles. The second kappa shape index (κ2) is 13.3. The average Bonchev–Trinajstić information content (AvgIpc) is 3.72. The molecule has 13 aromatic rings. The van der Waals surface area contributed by atoms with Crippen LogP contribution >= 0.6 is 0 Å². The van der Waals surface area contributed by atoms with Crippen LogP contribution in [0.2, 0.25) is 0 Å². The molecule has 1 heteroatoms. The third-order valence-electron chi connectivity index (χ3n) is 13.0. The molecule has 0 saturated carbocycles. The van der Waals surface area contributed by atoms with Crippen molar-refractivity contribution < 1.29 is 4.42 Å². The second-order valence-corrected chi connectivity index (χ2v) is 16.3. The van der Waals surface area contributed by atoms with Crippen molar-refractivity contribution >= 4 is 86.6 Å². The normalized spacial score (nSPS) is 11.9. The molecule has 0 fully saturated rings. The third-order valence-corrected chi connectivity index (χ3v) is 13.0. The van der Waals surface area contributed by atoms with Gasteiger partial charge < -0.3 is 4.42 Å². The maximum atomic E-state index is 6.42. The summed E-state index contributed by atoms with van der Waals surface area (Å²) in [5.74, 6) is 0. The van der Waals surface area contributed by atoms with Crippen LogP contribution in [0.4, 0.5) is 0 Å². The Balaban J connectivity index is 0.954. The van der Waals surface area contributed by atoms with Crippen molar-refractivity contribution in [2.24, 2.45) is 0 Å². The first-order valence-electron chi connectivity index (χ1n) is 21.1. The van der Waals surface area contributed by atoms with Crippen molar-refractivity contribution in [2.75, 3.05) is 0 Å². The first-order chi connectivity index (χ1) is 30.3. The summed E-state index contributed by atoms with van der Waals surface area (Å²) < 4.78 is 6.42. The van der Waals surface area contributed by atoms with Crippen LogP contribution in [0.15, 0.2) is 223 Å². The van der Waals surface area contributed by atoms with E-state index in [9.17, 15) is 0 Å². The summed E-state index contributed by atoms with van der Waals surface area (Å²) >= 11 is 0. The molecule has 1 aromatic heterocycles. The second-order valence-electron chi connectivity index (χ2n) is 16.3. The Kier molecular flexibility index (Phi) is 7.37. The van der Waals surface area contributed by atoms with Crippen molar-refractivity contribution in [1.82, 2.24) is 0 Å². The van der Waals surface area contributed by atoms with Gasteiger partial charge in [-0.15, -0.1) is 0 Å². The number of rotatable bonds is 4. The highest BCUT2D eigenvalue weighted by molar-refractivity contribution is 6.26. The minimum atomic E-state index is 0.907. The van der Waals surface area contributed by atoms with Gasteiger partial charge in [0.15, 0.2) is 0 Å². The van der Waals surface area contributed by atoms with Gasteiger partial charge in [-0.05, 0) is 133 Å². The Morgan fingerprint density at radius 3 is 1.26 bits per heavy atom. The molecule has 0 atom stereocenters. The zero-order valence-electron chi connectivity index (χ0n) is 33.2. The van der Waals surface area contributed by atoms with E-state index in [1.54, 1.807) is 0 Å². The molecule has 61 heavy (non-hydrogen) atoms. The molecular weight excluding hydrogens is 737 g/mol. The van der Waals surface area contributed by atoms with E-state index in [-0.39, 0.29) is 0 Å². The Hall–Kier alpha value is -8.00. The predicted octanol–water partition coefficient (Wildman–Crippen LogP) is 17.2. The third kappa shape index (κ3) is 5.14. The van der Waals surface area contributed by atoms with Gasteiger partial charge in [0.2, 0.25) is 0 Å². The van der Waals surface area contributed by atoms with Gasteiger partial charge in [-0.1, -0.05) is 194 Å². The lowest BCUT2D eigenvalue weighted by Crippen LogP contribution is -1.91. The number of furan rings is 1. The molecule has 1 nitrogen and oxygen atoms in total. The lowest BCUT2D eigenvalue weighted by atomic mass is 9.85. The molecule has 0 radical (unpaired) electrons. The van der Waals surface area contributed by atoms with E-state index in [1.807, 2.05) is 0 Å². The molecule has 0 saturated heterocycles. The van der Waals surface area contributed by atoms with Crippen molar-refractivity contribution in [2.45, 2.75) is 0 Å². The van der Waals surface area contributed by atoms with Crippen LogP contribution in [-0.2, 0) is 0 Å². The largest absolute Gasteiger partial charge is 0.456 e. The molecule has 0 aliphatic heterocycles. The molecule has 0 bridgehead atoms. The number of fused-ring (bicyclic) bond motifs is 13. The van der Waals surface area contributed by atoms with Gasteiger partial charge in [-0.3, -0.25) is 0 Å². The predicted molar refractivity (Wildman–Crippen MR) is 260 cm³/mol. The van der Waals surface area contributed by atoms with E-state index in [0.29, 0.717) is 0 Å². The van der Waals surface area contributed by atoms with Crippen LogP contribution in [0.1, 0.15) is 0 Å². The van der Waals surface area contributed by atoms with Gasteiger partial charge in [0.1, 0.15) is 11.2 Å². The van der Waals surface area contributed by atoms with Crippen LogP contribution in [0.25, 0.3) is 131 Å². The summed E-state index contributed by atoms with van der Waals surface area (Å²) in [5.41, 5.74) is 11.6. The van der Waals surface area contributed by atoms with E-state index in [0.717, 1.165) is 16.6 Å². The summed E-state index contributed by atoms with van der Waals surface area (Å²) in [5, 5.41) is 17.4. The highest BCUT2D eigenvalue weighted by atomic mass is 16.3. The number of benzene rings is 12. The summed E-state index contributed by atoms with van der Waals surface area (Å²) in [6, 6.07) is 80.1. The van der Waals surface area contributed by atoms with Gasteiger partial charge in [-0.25, -0.2) is 0 Å². The maximum absolute atomic E-state index is 6.42. The fourth-order valence-corrected chi connectivity index (χ4v) is 10.3. The van der Waals surface area contributed by atoms with Crippen LogP contribution in [0.5, 0.6) is 0 Å². The van der Waals surface area contributed by atoms with Crippen molar-refractivity contribution in [3.05, 3.63) is 218 Å². The highest BCUT2D eigenvalue weighted by Crippen LogP contribution is 2.46. The van der Waals surface area contributed by atoms with E-state index < -0.39 is 0 Å². The molecule has 0 N–H and O–H groups in total. The van der Waals surface area contributed by atoms with E-state index in [2.05, 4.69) is 218 Å². The van der Waals surface area contributed by atoms with Gasteiger partial charge in [0.05, 0.1) is 0 Å². The highest BCUT2D eigenvalue weighted by Gasteiger charge is 2.19. The maximum Gasteiger partial charge on any atom is 0.136 e. The van der Waals surface area contributed by atoms with Crippen molar-refractivity contribution in [3.63, 3.8) is 0 Å². The number of hydrogen-bond acceptors (Lipinski definition) is 1. The zero-order chi connectivity index (χ0) is 40.0. The monoisotopic (exact) mass is 772 g/mol. The Labute approximate surface area is 352 Å². The first kappa shape index (κ1) is 33.9. The Morgan fingerprint density at radius 1 is 0.230 bits per heavy atom. The van der Waals surface area contributed by atoms with Gasteiger partial charge >= 0.3 is 0 Å². The lowest BCUT2D eigenvalue weighted by Gasteiger charge is -2.18. The molecule has 13 rings (SSSR count). The van der Waals surface area contributed by atoms with E-state index >= 15 is 0 Å². The van der Waals surface area contributed by atoms with Crippen LogP contribution in [-0.4, -0.2) is 0 Å². The molecule has 0 aliphatic rings. The van der Waals surface area contributed by atoms with Gasteiger partial charge in [-0.2, -0.15) is 0 Å². The van der Waals surface area contributed by atoms with Gasteiger partial charge in [0, 0.05) is 10.8 Å². The zero-order valence-corrected chi connectivity index (χ0v) is 33.2. The molecule has 1 heterocycles. The van der Waals surface area contributed by atoms with Crippen molar-refractivity contribution in [3.8, 4) is 44.5 Å². The molecule has 0 amide bonds. The SMILES string of the molecule is c1ccc(-c2ccc3c4ccccc4c4ccccc4c3c2)c(-c2ccc(-c3c4ccccc4c(-c4ccc5oc6ccc7ccccc7c6c5c4)c4ccccc34)cc2)c1. The fourth-order valence-electron chi connectivity index (χ4n) is 10.3. The quantitative estimate of drug-likeness (QED) is 0.128. The van der Waals surface area contributed by atoms with E-state index in [1.165, 1.54) is 115 Å². The van der Waals surface area contributed by atoms with Gasteiger partial charge in [0.25, 0.3) is 0 Å². The standard InChI is InChI=1S/C60H36O/c1-2-16-44-37(13-1)30-34-57-60(44)55-36-41(31-33-56(55)61-57)59-52-23-11-9-21-50(52)58(51-22-10-12-24-53(51)59)39-27-25-38(26-28-39)42-14-3-4-15-43(42)40-29-32-49-47-19-6-5-17-45(47)46-18-7-8-20-48(46)54(49)35-40/h1-36H. The topological polar surface area (TPSA) is 13.1 Å². The minimum absolute atomic E-state index is 0.907. The fraction of sp³-hybridized carbons (Fsp3) is 0. The molecule has 0 spiro atoms. The average molecular weight is 773 g/mol. The molecular formula is C60H36O. The van der Waals surface area contributed by atoms with Crippen LogP contribution in [0.3, 0.4) is 0 Å². The van der Waals surface area contributed by atoms with E-state index in [4.69, 9.17) is 4.42 Å². The van der Waals surface area contributed by atoms with Crippen molar-refractivity contribution in [1.29, 1.82) is 0 Å². The summed E-state index contributed by atoms with van der Waals surface area (Å²) in [6.45, 7) is 0. The molecule has 0 unspecified atom stereocenters. The minimum Gasteiger partial charge on any atom is -0.456 e. The number of hydrogen-bond donors (Lipinski definition) is 0. The van der Waals surface area contributed by atoms with Crippen LogP contribution in [0, 0.1) is 0 Å². The molecule has 282 valence electrons. The Morgan fingerprint density at radius 2 is 0.639 bits per heavy atom. The summed E-state index contributed by atoms with van der Waals surface area (Å²) in [6.07, 6.45) is 0. The summed E-state index contributed by atoms with van der Waals surface area (Å²) in [7, 11) is 0. The summed E-state index contributed by atoms with van der Waals surface area (Å²) in [4.78, 5) is 0. The smallest absolute Gasteiger partial charge is 0.136 e.